The Balaban J connectivity index is 2.39. The van der Waals surface area contributed by atoms with Crippen molar-refractivity contribution in [1.82, 2.24) is 15.3 Å². The van der Waals surface area contributed by atoms with E-state index in [2.05, 4.69) is 20.6 Å². The van der Waals surface area contributed by atoms with Crippen molar-refractivity contribution in [3.63, 3.8) is 0 Å². The summed E-state index contributed by atoms with van der Waals surface area (Å²) in [6, 6.07) is 1.68. The molecule has 0 atom stereocenters. The zero-order valence-corrected chi connectivity index (χ0v) is 10.9. The summed E-state index contributed by atoms with van der Waals surface area (Å²) in [6.07, 6.45) is 3.26. The molecule has 0 aliphatic carbocycles. The van der Waals surface area contributed by atoms with Crippen molar-refractivity contribution in [3.8, 4) is 5.88 Å². The van der Waals surface area contributed by atoms with Gasteiger partial charge in [0, 0.05) is 12.6 Å². The van der Waals surface area contributed by atoms with Crippen LogP contribution >= 0.6 is 0 Å². The van der Waals surface area contributed by atoms with Crippen LogP contribution in [0, 0.1) is 0 Å². The summed E-state index contributed by atoms with van der Waals surface area (Å²) < 4.78 is 5.38. The minimum absolute atomic E-state index is 0.0495. The maximum Gasteiger partial charge on any atom is 0.239 e. The number of hydrogen-bond acceptors (Lipinski definition) is 5. The third-order valence-corrected chi connectivity index (χ3v) is 2.10. The van der Waals surface area contributed by atoms with Gasteiger partial charge in [-0.3, -0.25) is 4.79 Å². The second kappa shape index (κ2) is 8.27. The maximum atomic E-state index is 11.4. The normalized spacial score (nSPS) is 9.89. The Kier molecular flexibility index (Phi) is 6.53. The Morgan fingerprint density at radius 2 is 2.17 bits per heavy atom. The molecule has 1 aromatic rings. The molecule has 0 spiro atoms. The average Bonchev–Trinajstić information content (AvgIpc) is 2.41. The molecule has 1 amide bonds. The lowest BCUT2D eigenvalue weighted by Crippen LogP contribution is -2.30. The van der Waals surface area contributed by atoms with Gasteiger partial charge in [0.15, 0.2) is 0 Å². The fourth-order valence-electron chi connectivity index (χ4n) is 1.22. The van der Waals surface area contributed by atoms with E-state index in [0.29, 0.717) is 24.8 Å². The standard InChI is InChI=1S/C12H20N4O2/c1-3-5-13-11(17)8-14-10-7-12(16-9-15-10)18-6-4-2/h7,9H,3-6,8H2,1-2H3,(H,13,17)(H,14,15,16). The zero-order chi connectivity index (χ0) is 13.2. The van der Waals surface area contributed by atoms with Crippen LogP contribution in [-0.2, 0) is 4.79 Å². The summed E-state index contributed by atoms with van der Waals surface area (Å²) in [5.74, 6) is 1.05. The van der Waals surface area contributed by atoms with Crippen molar-refractivity contribution in [2.24, 2.45) is 0 Å². The second-order valence-electron chi connectivity index (χ2n) is 3.79. The van der Waals surface area contributed by atoms with E-state index in [-0.39, 0.29) is 12.5 Å². The molecule has 0 saturated heterocycles. The number of aromatic nitrogens is 2. The minimum atomic E-state index is -0.0495. The molecule has 18 heavy (non-hydrogen) atoms. The van der Waals surface area contributed by atoms with Gasteiger partial charge >= 0.3 is 0 Å². The summed E-state index contributed by atoms with van der Waals surface area (Å²) in [5.41, 5.74) is 0. The molecule has 0 aliphatic rings. The quantitative estimate of drug-likeness (QED) is 0.727. The summed E-state index contributed by atoms with van der Waals surface area (Å²) >= 11 is 0. The molecule has 1 rings (SSSR count). The highest BCUT2D eigenvalue weighted by Gasteiger charge is 2.02. The number of nitrogens with zero attached hydrogens (tertiary/aromatic N) is 2. The molecule has 1 aromatic heterocycles. The first-order chi connectivity index (χ1) is 8.76. The van der Waals surface area contributed by atoms with Gasteiger partial charge in [0.05, 0.1) is 13.2 Å². The predicted molar refractivity (Wildman–Crippen MR) is 69.6 cm³/mol. The Morgan fingerprint density at radius 1 is 1.33 bits per heavy atom. The van der Waals surface area contributed by atoms with Gasteiger partial charge in [-0.15, -0.1) is 0 Å². The Morgan fingerprint density at radius 3 is 2.89 bits per heavy atom. The van der Waals surface area contributed by atoms with E-state index in [1.54, 1.807) is 6.07 Å². The fraction of sp³-hybridized carbons (Fsp3) is 0.583. The first-order valence-electron chi connectivity index (χ1n) is 6.21. The van der Waals surface area contributed by atoms with Crippen molar-refractivity contribution in [3.05, 3.63) is 12.4 Å². The molecule has 100 valence electrons. The number of rotatable bonds is 8. The highest BCUT2D eigenvalue weighted by Crippen LogP contribution is 2.10. The number of carbonyl (C=O) groups excluding carboxylic acids is 1. The van der Waals surface area contributed by atoms with E-state index in [1.807, 2.05) is 13.8 Å². The summed E-state index contributed by atoms with van der Waals surface area (Å²) in [5, 5.41) is 5.70. The van der Waals surface area contributed by atoms with Crippen LogP contribution in [0.25, 0.3) is 0 Å². The van der Waals surface area contributed by atoms with Gasteiger partial charge in [0.2, 0.25) is 11.8 Å². The van der Waals surface area contributed by atoms with E-state index < -0.39 is 0 Å². The second-order valence-corrected chi connectivity index (χ2v) is 3.79. The van der Waals surface area contributed by atoms with Gasteiger partial charge in [-0.05, 0) is 12.8 Å². The third kappa shape index (κ3) is 5.47. The lowest BCUT2D eigenvalue weighted by Gasteiger charge is -2.07. The number of carbonyl (C=O) groups is 1. The Labute approximate surface area is 107 Å². The Bertz CT molecular complexity index is 371. The molecule has 0 aromatic carbocycles. The average molecular weight is 252 g/mol. The van der Waals surface area contributed by atoms with Crippen molar-refractivity contribution in [1.29, 1.82) is 0 Å². The largest absolute Gasteiger partial charge is 0.478 e. The van der Waals surface area contributed by atoms with Crippen LogP contribution in [0.4, 0.5) is 5.82 Å². The molecule has 0 bridgehead atoms. The fourth-order valence-corrected chi connectivity index (χ4v) is 1.22. The summed E-state index contributed by atoms with van der Waals surface area (Å²) in [4.78, 5) is 19.4. The minimum Gasteiger partial charge on any atom is -0.478 e. The molecule has 1 heterocycles. The van der Waals surface area contributed by atoms with Gasteiger partial charge in [0.25, 0.3) is 0 Å². The van der Waals surface area contributed by atoms with E-state index in [0.717, 1.165) is 12.8 Å². The molecule has 6 nitrogen and oxygen atoms in total. The van der Waals surface area contributed by atoms with Crippen LogP contribution in [0.15, 0.2) is 12.4 Å². The third-order valence-electron chi connectivity index (χ3n) is 2.10. The van der Waals surface area contributed by atoms with Crippen LogP contribution < -0.4 is 15.4 Å². The first kappa shape index (κ1) is 14.2. The van der Waals surface area contributed by atoms with Crippen LogP contribution in [0.3, 0.4) is 0 Å². The molecule has 0 aliphatic heterocycles. The topological polar surface area (TPSA) is 76.1 Å². The predicted octanol–water partition coefficient (Wildman–Crippen LogP) is 1.20. The number of anilines is 1. The number of ether oxygens (including phenoxy) is 1. The van der Waals surface area contributed by atoms with E-state index in [9.17, 15) is 4.79 Å². The monoisotopic (exact) mass is 252 g/mol. The molecular weight excluding hydrogens is 232 g/mol. The lowest BCUT2D eigenvalue weighted by molar-refractivity contribution is -0.119. The van der Waals surface area contributed by atoms with Gasteiger partial charge in [-0.25, -0.2) is 9.97 Å². The van der Waals surface area contributed by atoms with Gasteiger partial charge < -0.3 is 15.4 Å². The highest BCUT2D eigenvalue weighted by molar-refractivity contribution is 5.80. The first-order valence-corrected chi connectivity index (χ1v) is 6.21. The highest BCUT2D eigenvalue weighted by atomic mass is 16.5. The van der Waals surface area contributed by atoms with Gasteiger partial charge in [-0.2, -0.15) is 0 Å². The molecule has 0 fully saturated rings. The number of hydrogen-bond donors (Lipinski definition) is 2. The molecule has 0 saturated carbocycles. The SMILES string of the molecule is CCCNC(=O)CNc1cc(OCCC)ncn1. The van der Waals surface area contributed by atoms with Crippen molar-refractivity contribution in [2.45, 2.75) is 26.7 Å². The van der Waals surface area contributed by atoms with Crippen molar-refractivity contribution < 1.29 is 9.53 Å². The molecule has 0 radical (unpaired) electrons. The van der Waals surface area contributed by atoms with Crippen LogP contribution in [0.5, 0.6) is 5.88 Å². The van der Waals surface area contributed by atoms with Crippen molar-refractivity contribution in [2.75, 3.05) is 25.0 Å². The summed E-state index contributed by atoms with van der Waals surface area (Å²) in [7, 11) is 0. The van der Waals surface area contributed by atoms with Crippen LogP contribution in [0.1, 0.15) is 26.7 Å². The van der Waals surface area contributed by atoms with Gasteiger partial charge in [0.1, 0.15) is 12.1 Å². The van der Waals surface area contributed by atoms with Crippen molar-refractivity contribution >= 4 is 11.7 Å². The van der Waals surface area contributed by atoms with Gasteiger partial charge in [-0.1, -0.05) is 13.8 Å². The smallest absolute Gasteiger partial charge is 0.239 e. The number of nitrogens with one attached hydrogen (secondary N) is 2. The van der Waals surface area contributed by atoms with E-state index in [4.69, 9.17) is 4.74 Å². The van der Waals surface area contributed by atoms with Crippen LogP contribution in [0.2, 0.25) is 0 Å². The van der Waals surface area contributed by atoms with E-state index in [1.165, 1.54) is 6.33 Å². The number of amides is 1. The van der Waals surface area contributed by atoms with E-state index >= 15 is 0 Å². The van der Waals surface area contributed by atoms with Crippen LogP contribution in [-0.4, -0.2) is 35.6 Å². The lowest BCUT2D eigenvalue weighted by atomic mass is 10.4. The molecule has 2 N–H and O–H groups in total. The zero-order valence-electron chi connectivity index (χ0n) is 10.9. The molecule has 0 unspecified atom stereocenters. The molecular formula is C12H20N4O2. The molecule has 6 heteroatoms. The maximum absolute atomic E-state index is 11.4. The Hall–Kier alpha value is -1.85. The summed E-state index contributed by atoms with van der Waals surface area (Å²) in [6.45, 7) is 5.54.